The SMILES string of the molecule is C=CC(O)c1cn(C)nc1C. The number of aryl methyl sites for hydroxylation is 2. The summed E-state index contributed by atoms with van der Waals surface area (Å²) in [6.45, 7) is 5.36. The van der Waals surface area contributed by atoms with Gasteiger partial charge in [0.2, 0.25) is 0 Å². The minimum absolute atomic E-state index is 0.594. The standard InChI is InChI=1S/C8H12N2O/c1-4-8(11)7-5-10(3)9-6(7)2/h4-5,8,11H,1H2,2-3H3. The molecule has 0 radical (unpaired) electrons. The highest BCUT2D eigenvalue weighted by Crippen LogP contribution is 2.15. The lowest BCUT2D eigenvalue weighted by atomic mass is 10.1. The van der Waals surface area contributed by atoms with Crippen molar-refractivity contribution in [2.75, 3.05) is 0 Å². The first-order valence-electron chi connectivity index (χ1n) is 3.46. The molecule has 1 N–H and O–H groups in total. The van der Waals surface area contributed by atoms with E-state index in [4.69, 9.17) is 0 Å². The quantitative estimate of drug-likeness (QED) is 0.641. The molecule has 0 spiro atoms. The molecule has 1 unspecified atom stereocenters. The van der Waals surface area contributed by atoms with Gasteiger partial charge in [-0.15, -0.1) is 6.58 Å². The molecule has 0 bridgehead atoms. The highest BCUT2D eigenvalue weighted by molar-refractivity contribution is 5.21. The normalized spacial score (nSPS) is 13.0. The Morgan fingerprint density at radius 3 is 2.82 bits per heavy atom. The van der Waals surface area contributed by atoms with Crippen molar-refractivity contribution in [1.29, 1.82) is 0 Å². The van der Waals surface area contributed by atoms with Crippen molar-refractivity contribution in [3.05, 3.63) is 30.1 Å². The van der Waals surface area contributed by atoms with Crippen LogP contribution < -0.4 is 0 Å². The van der Waals surface area contributed by atoms with E-state index in [9.17, 15) is 5.11 Å². The Morgan fingerprint density at radius 2 is 2.45 bits per heavy atom. The molecule has 0 aliphatic carbocycles. The second-order valence-electron chi connectivity index (χ2n) is 2.52. The average Bonchev–Trinajstić information content (AvgIpc) is 2.28. The first-order valence-corrected chi connectivity index (χ1v) is 3.46. The summed E-state index contributed by atoms with van der Waals surface area (Å²) in [7, 11) is 1.83. The third-order valence-corrected chi connectivity index (χ3v) is 1.59. The predicted octanol–water partition coefficient (Wildman–Crippen LogP) is 0.948. The fraction of sp³-hybridized carbons (Fsp3) is 0.375. The maximum atomic E-state index is 9.35. The Labute approximate surface area is 66.0 Å². The van der Waals surface area contributed by atoms with Crippen LogP contribution in [0.25, 0.3) is 0 Å². The Kier molecular flexibility index (Phi) is 2.10. The van der Waals surface area contributed by atoms with Gasteiger partial charge in [-0.1, -0.05) is 6.08 Å². The van der Waals surface area contributed by atoms with Gasteiger partial charge in [-0.3, -0.25) is 4.68 Å². The molecule has 1 rings (SSSR count). The molecule has 0 saturated carbocycles. The average molecular weight is 152 g/mol. The van der Waals surface area contributed by atoms with E-state index in [2.05, 4.69) is 11.7 Å². The number of aliphatic hydroxyl groups is 1. The maximum absolute atomic E-state index is 9.35. The van der Waals surface area contributed by atoms with Crippen molar-refractivity contribution in [2.45, 2.75) is 13.0 Å². The van der Waals surface area contributed by atoms with Crippen molar-refractivity contribution in [1.82, 2.24) is 9.78 Å². The minimum atomic E-state index is -0.594. The van der Waals surface area contributed by atoms with Crippen LogP contribution in [0.5, 0.6) is 0 Å². The minimum Gasteiger partial charge on any atom is -0.384 e. The predicted molar refractivity (Wildman–Crippen MR) is 43.1 cm³/mol. The Balaban J connectivity index is 3.02. The third kappa shape index (κ3) is 1.49. The summed E-state index contributed by atoms with van der Waals surface area (Å²) in [5.41, 5.74) is 1.67. The van der Waals surface area contributed by atoms with Crippen LogP contribution >= 0.6 is 0 Å². The van der Waals surface area contributed by atoms with Gasteiger partial charge in [0.25, 0.3) is 0 Å². The number of rotatable bonds is 2. The number of nitrogens with zero attached hydrogens (tertiary/aromatic N) is 2. The van der Waals surface area contributed by atoms with E-state index in [-0.39, 0.29) is 0 Å². The van der Waals surface area contributed by atoms with Gasteiger partial charge in [-0.05, 0) is 6.92 Å². The Bertz CT molecular complexity index is 265. The molecule has 0 aliphatic rings. The zero-order valence-electron chi connectivity index (χ0n) is 6.78. The monoisotopic (exact) mass is 152 g/mol. The maximum Gasteiger partial charge on any atom is 0.100 e. The van der Waals surface area contributed by atoms with Crippen molar-refractivity contribution >= 4 is 0 Å². The Morgan fingerprint density at radius 1 is 1.82 bits per heavy atom. The zero-order valence-corrected chi connectivity index (χ0v) is 6.78. The van der Waals surface area contributed by atoms with E-state index in [0.29, 0.717) is 0 Å². The topological polar surface area (TPSA) is 38.0 Å². The number of hydrogen-bond acceptors (Lipinski definition) is 2. The fourth-order valence-electron chi connectivity index (χ4n) is 1.04. The first-order chi connectivity index (χ1) is 5.15. The van der Waals surface area contributed by atoms with Crippen molar-refractivity contribution in [2.24, 2.45) is 7.05 Å². The van der Waals surface area contributed by atoms with E-state index in [0.717, 1.165) is 11.3 Å². The number of aliphatic hydroxyl groups excluding tert-OH is 1. The van der Waals surface area contributed by atoms with Gasteiger partial charge in [0.15, 0.2) is 0 Å². The Hall–Kier alpha value is -1.09. The van der Waals surface area contributed by atoms with E-state index in [1.165, 1.54) is 6.08 Å². The molecule has 1 aromatic heterocycles. The number of hydrogen-bond donors (Lipinski definition) is 1. The van der Waals surface area contributed by atoms with Crippen molar-refractivity contribution in [3.63, 3.8) is 0 Å². The summed E-state index contributed by atoms with van der Waals surface area (Å²) < 4.78 is 1.68. The zero-order chi connectivity index (χ0) is 8.43. The summed E-state index contributed by atoms with van der Waals surface area (Å²) in [5, 5.41) is 13.4. The van der Waals surface area contributed by atoms with Crippen LogP contribution in [0.4, 0.5) is 0 Å². The lowest BCUT2D eigenvalue weighted by Crippen LogP contribution is -1.92. The smallest absolute Gasteiger partial charge is 0.100 e. The molecule has 1 heterocycles. The first kappa shape index (κ1) is 8.01. The second kappa shape index (κ2) is 2.88. The van der Waals surface area contributed by atoms with Gasteiger partial charge in [-0.2, -0.15) is 5.10 Å². The summed E-state index contributed by atoms with van der Waals surface area (Å²) in [5.74, 6) is 0. The molecule has 3 nitrogen and oxygen atoms in total. The summed E-state index contributed by atoms with van der Waals surface area (Å²) in [4.78, 5) is 0. The molecule has 0 amide bonds. The molecule has 11 heavy (non-hydrogen) atoms. The van der Waals surface area contributed by atoms with Gasteiger partial charge >= 0.3 is 0 Å². The van der Waals surface area contributed by atoms with Crippen LogP contribution in [-0.2, 0) is 7.05 Å². The molecule has 1 atom stereocenters. The summed E-state index contributed by atoms with van der Waals surface area (Å²) >= 11 is 0. The number of aromatic nitrogens is 2. The summed E-state index contributed by atoms with van der Waals surface area (Å²) in [6.07, 6.45) is 2.69. The fourth-order valence-corrected chi connectivity index (χ4v) is 1.04. The highest BCUT2D eigenvalue weighted by atomic mass is 16.3. The lowest BCUT2D eigenvalue weighted by molar-refractivity contribution is 0.228. The molecule has 3 heteroatoms. The van der Waals surface area contributed by atoms with Crippen LogP contribution in [0.15, 0.2) is 18.9 Å². The molecular weight excluding hydrogens is 140 g/mol. The van der Waals surface area contributed by atoms with Gasteiger partial charge < -0.3 is 5.11 Å². The van der Waals surface area contributed by atoms with Crippen LogP contribution in [0.1, 0.15) is 17.4 Å². The molecule has 0 aliphatic heterocycles. The largest absolute Gasteiger partial charge is 0.384 e. The van der Waals surface area contributed by atoms with Crippen LogP contribution in [0.2, 0.25) is 0 Å². The van der Waals surface area contributed by atoms with Crippen molar-refractivity contribution < 1.29 is 5.11 Å². The molecular formula is C8H12N2O. The van der Waals surface area contributed by atoms with Crippen LogP contribution in [-0.4, -0.2) is 14.9 Å². The second-order valence-corrected chi connectivity index (χ2v) is 2.52. The third-order valence-electron chi connectivity index (χ3n) is 1.59. The van der Waals surface area contributed by atoms with E-state index in [1.807, 2.05) is 14.0 Å². The molecule has 0 aromatic carbocycles. The van der Waals surface area contributed by atoms with Crippen LogP contribution in [0.3, 0.4) is 0 Å². The van der Waals surface area contributed by atoms with Gasteiger partial charge in [0.1, 0.15) is 6.10 Å². The lowest BCUT2D eigenvalue weighted by Gasteiger charge is -2.00. The van der Waals surface area contributed by atoms with E-state index in [1.54, 1.807) is 10.9 Å². The van der Waals surface area contributed by atoms with Gasteiger partial charge in [0, 0.05) is 18.8 Å². The van der Waals surface area contributed by atoms with Crippen molar-refractivity contribution in [3.8, 4) is 0 Å². The molecule has 60 valence electrons. The van der Waals surface area contributed by atoms with Gasteiger partial charge in [0.05, 0.1) is 5.69 Å². The molecule has 1 aromatic rings. The highest BCUT2D eigenvalue weighted by Gasteiger charge is 2.08. The van der Waals surface area contributed by atoms with Crippen LogP contribution in [0, 0.1) is 6.92 Å². The molecule has 0 fully saturated rings. The van der Waals surface area contributed by atoms with E-state index >= 15 is 0 Å². The molecule has 0 saturated heterocycles. The van der Waals surface area contributed by atoms with Gasteiger partial charge in [-0.25, -0.2) is 0 Å². The van der Waals surface area contributed by atoms with E-state index < -0.39 is 6.10 Å². The summed E-state index contributed by atoms with van der Waals surface area (Å²) in [6, 6.07) is 0.